The molecule has 0 bridgehead atoms. The highest BCUT2D eigenvalue weighted by Crippen LogP contribution is 2.64. The molecular formula is C26H32N2O2S. The second kappa shape index (κ2) is 7.79. The molecule has 0 amide bonds. The monoisotopic (exact) mass is 436 g/mol. The molecule has 164 valence electrons. The number of hydrogen-bond acceptors (Lipinski definition) is 3. The van der Waals surface area contributed by atoms with E-state index >= 15 is 0 Å². The molecule has 0 unspecified atom stereocenters. The summed E-state index contributed by atoms with van der Waals surface area (Å²) in [5.41, 5.74) is 2.85. The molecule has 2 saturated carbocycles. The Balaban J connectivity index is 1.30. The summed E-state index contributed by atoms with van der Waals surface area (Å²) < 4.78 is 0. The van der Waals surface area contributed by atoms with Gasteiger partial charge >= 0.3 is 0 Å². The van der Waals surface area contributed by atoms with Gasteiger partial charge in [0.2, 0.25) is 0 Å². The first kappa shape index (κ1) is 20.8. The van der Waals surface area contributed by atoms with Crippen LogP contribution in [0.4, 0.5) is 5.69 Å². The van der Waals surface area contributed by atoms with Crippen LogP contribution in [-0.4, -0.2) is 27.5 Å². The Morgan fingerprint density at radius 3 is 2.71 bits per heavy atom. The number of aliphatic hydroxyl groups is 1. The molecular weight excluding hydrogens is 404 g/mol. The van der Waals surface area contributed by atoms with Crippen LogP contribution in [0.25, 0.3) is 0 Å². The fraction of sp³-hybridized carbons (Fsp3) is 0.500. The number of benzene rings is 2. The van der Waals surface area contributed by atoms with Crippen molar-refractivity contribution in [2.45, 2.75) is 57.0 Å². The normalized spacial score (nSPS) is 33.7. The van der Waals surface area contributed by atoms with Gasteiger partial charge in [-0.1, -0.05) is 31.2 Å². The van der Waals surface area contributed by atoms with Gasteiger partial charge in [-0.25, -0.2) is 0 Å². The average molecular weight is 437 g/mol. The molecule has 2 aromatic rings. The van der Waals surface area contributed by atoms with Gasteiger partial charge in [-0.2, -0.15) is 0 Å². The molecule has 2 fully saturated rings. The van der Waals surface area contributed by atoms with Crippen LogP contribution in [0.3, 0.4) is 0 Å². The molecule has 31 heavy (non-hydrogen) atoms. The molecule has 0 radical (unpaired) electrons. The van der Waals surface area contributed by atoms with Crippen molar-refractivity contribution in [1.82, 2.24) is 5.32 Å². The van der Waals surface area contributed by atoms with Crippen LogP contribution in [0, 0.1) is 17.3 Å². The minimum Gasteiger partial charge on any atom is -0.508 e. The van der Waals surface area contributed by atoms with Crippen molar-refractivity contribution in [3.63, 3.8) is 0 Å². The standard InChI is InChI=1S/C26H32N2O2S/c1-25-13-11-21-20-10-8-19(29)15-17(20)7-9-22(21)23(25)12-14-26(25,30)16-27-24(31)28-18-5-3-2-4-6-18/h2-6,8,10,15,21-23,29-30H,7,9,11-14,16H2,1H3,(H2,27,28,31)/t21-,22-,23+,25+,26-/m1/s1. The fourth-order valence-corrected chi connectivity index (χ4v) is 7.08. The summed E-state index contributed by atoms with van der Waals surface area (Å²) in [6.07, 6.45) is 6.20. The zero-order valence-electron chi connectivity index (χ0n) is 18.1. The zero-order chi connectivity index (χ0) is 21.6. The molecule has 0 heterocycles. The van der Waals surface area contributed by atoms with Gasteiger partial charge in [0.15, 0.2) is 5.11 Å². The lowest BCUT2D eigenvalue weighted by atomic mass is 9.53. The Hall–Kier alpha value is -2.11. The third-order valence-corrected chi connectivity index (χ3v) is 8.85. The molecule has 5 atom stereocenters. The number of rotatable bonds is 3. The van der Waals surface area contributed by atoms with Crippen LogP contribution < -0.4 is 10.6 Å². The minimum atomic E-state index is -0.750. The van der Waals surface area contributed by atoms with Gasteiger partial charge in [0.05, 0.1) is 5.60 Å². The van der Waals surface area contributed by atoms with E-state index in [0.717, 1.165) is 44.2 Å². The molecule has 0 saturated heterocycles. The molecule has 0 aromatic heterocycles. The second-order valence-electron chi connectivity index (χ2n) is 10.00. The molecule has 5 heteroatoms. The van der Waals surface area contributed by atoms with Crippen molar-refractivity contribution in [3.05, 3.63) is 59.7 Å². The quantitative estimate of drug-likeness (QED) is 0.512. The van der Waals surface area contributed by atoms with Crippen molar-refractivity contribution in [1.29, 1.82) is 0 Å². The number of phenols is 1. The van der Waals surface area contributed by atoms with Gasteiger partial charge in [0.25, 0.3) is 0 Å². The summed E-state index contributed by atoms with van der Waals surface area (Å²) in [5, 5.41) is 28.8. The van der Waals surface area contributed by atoms with Crippen LogP contribution >= 0.6 is 12.2 Å². The third-order valence-electron chi connectivity index (χ3n) is 8.60. The van der Waals surface area contributed by atoms with E-state index in [1.165, 1.54) is 11.1 Å². The fourth-order valence-electron chi connectivity index (χ4n) is 6.89. The smallest absolute Gasteiger partial charge is 0.170 e. The maximum absolute atomic E-state index is 11.8. The van der Waals surface area contributed by atoms with Gasteiger partial charge in [-0.05, 0) is 104 Å². The number of fused-ring (bicyclic) bond motifs is 5. The third kappa shape index (κ3) is 3.52. The Morgan fingerprint density at radius 2 is 1.90 bits per heavy atom. The van der Waals surface area contributed by atoms with E-state index in [1.54, 1.807) is 0 Å². The highest BCUT2D eigenvalue weighted by molar-refractivity contribution is 7.80. The molecule has 0 aliphatic heterocycles. The topological polar surface area (TPSA) is 64.5 Å². The van der Waals surface area contributed by atoms with E-state index in [2.05, 4.69) is 23.6 Å². The summed E-state index contributed by atoms with van der Waals surface area (Å²) >= 11 is 5.50. The predicted molar refractivity (Wildman–Crippen MR) is 128 cm³/mol. The summed E-state index contributed by atoms with van der Waals surface area (Å²) in [6, 6.07) is 15.8. The molecule has 3 aliphatic carbocycles. The van der Waals surface area contributed by atoms with E-state index in [-0.39, 0.29) is 5.41 Å². The molecule has 0 spiro atoms. The van der Waals surface area contributed by atoms with Crippen LogP contribution in [-0.2, 0) is 6.42 Å². The number of aromatic hydroxyl groups is 1. The first-order chi connectivity index (χ1) is 14.9. The number of hydrogen-bond donors (Lipinski definition) is 4. The van der Waals surface area contributed by atoms with Gasteiger partial charge in [0, 0.05) is 17.6 Å². The number of anilines is 1. The number of thiocarbonyl (C=S) groups is 1. The van der Waals surface area contributed by atoms with Gasteiger partial charge in [-0.15, -0.1) is 0 Å². The molecule has 4 N–H and O–H groups in total. The SMILES string of the molecule is C[C@]12CC[C@@H]3c4ccc(O)cc4CC[C@H]3[C@@H]1CC[C@@]2(O)CNC(=S)Nc1ccccc1. The summed E-state index contributed by atoms with van der Waals surface area (Å²) in [4.78, 5) is 0. The summed E-state index contributed by atoms with van der Waals surface area (Å²) in [6.45, 7) is 2.79. The molecule has 4 nitrogen and oxygen atoms in total. The lowest BCUT2D eigenvalue weighted by molar-refractivity contribution is -0.0982. The van der Waals surface area contributed by atoms with Crippen molar-refractivity contribution < 1.29 is 10.2 Å². The van der Waals surface area contributed by atoms with Crippen LogP contribution in [0.5, 0.6) is 5.75 Å². The van der Waals surface area contributed by atoms with Crippen molar-refractivity contribution in [2.24, 2.45) is 17.3 Å². The summed E-state index contributed by atoms with van der Waals surface area (Å²) in [5.74, 6) is 2.06. The average Bonchev–Trinajstić information content (AvgIpc) is 3.04. The van der Waals surface area contributed by atoms with E-state index in [1.807, 2.05) is 42.5 Å². The molecule has 2 aromatic carbocycles. The number of nitrogens with one attached hydrogen (secondary N) is 2. The lowest BCUT2D eigenvalue weighted by Crippen LogP contribution is -2.56. The number of para-hydroxylation sites is 1. The van der Waals surface area contributed by atoms with E-state index < -0.39 is 5.60 Å². The first-order valence-corrected chi connectivity index (χ1v) is 11.9. The Bertz CT molecular complexity index is 981. The number of phenolic OH excluding ortho intramolecular Hbond substituents is 1. The molecule has 5 rings (SSSR count). The van der Waals surface area contributed by atoms with E-state index in [4.69, 9.17) is 12.2 Å². The zero-order valence-corrected chi connectivity index (χ0v) is 18.9. The van der Waals surface area contributed by atoms with E-state index in [0.29, 0.717) is 35.2 Å². The van der Waals surface area contributed by atoms with Crippen LogP contribution in [0.15, 0.2) is 48.5 Å². The lowest BCUT2D eigenvalue weighted by Gasteiger charge is -2.53. The van der Waals surface area contributed by atoms with E-state index in [9.17, 15) is 10.2 Å². The van der Waals surface area contributed by atoms with Crippen molar-refractivity contribution >= 4 is 23.0 Å². The first-order valence-electron chi connectivity index (χ1n) is 11.5. The largest absolute Gasteiger partial charge is 0.508 e. The maximum atomic E-state index is 11.8. The predicted octanol–water partition coefficient (Wildman–Crippen LogP) is 4.97. The maximum Gasteiger partial charge on any atom is 0.170 e. The summed E-state index contributed by atoms with van der Waals surface area (Å²) in [7, 11) is 0. The van der Waals surface area contributed by atoms with Gasteiger partial charge in [-0.3, -0.25) is 0 Å². The highest BCUT2D eigenvalue weighted by atomic mass is 32.1. The van der Waals surface area contributed by atoms with Crippen LogP contribution in [0.1, 0.15) is 56.1 Å². The Morgan fingerprint density at radius 1 is 1.10 bits per heavy atom. The number of aryl methyl sites for hydroxylation is 1. The second-order valence-corrected chi connectivity index (χ2v) is 10.4. The minimum absolute atomic E-state index is 0.0993. The van der Waals surface area contributed by atoms with Crippen molar-refractivity contribution in [3.8, 4) is 5.75 Å². The van der Waals surface area contributed by atoms with Gasteiger partial charge < -0.3 is 20.8 Å². The highest BCUT2D eigenvalue weighted by Gasteiger charge is 2.61. The van der Waals surface area contributed by atoms with Gasteiger partial charge in [0.1, 0.15) is 5.75 Å². The Labute approximate surface area is 190 Å². The van der Waals surface area contributed by atoms with Crippen LogP contribution in [0.2, 0.25) is 0 Å². The van der Waals surface area contributed by atoms with Crippen molar-refractivity contribution in [2.75, 3.05) is 11.9 Å². The Kier molecular flexibility index (Phi) is 5.22. The molecule has 3 aliphatic rings.